The van der Waals surface area contributed by atoms with E-state index >= 15 is 0 Å². The fourth-order valence-electron chi connectivity index (χ4n) is 2.31. The summed E-state index contributed by atoms with van der Waals surface area (Å²) in [6.07, 6.45) is 6.08. The van der Waals surface area contributed by atoms with Crippen LogP contribution in [0.25, 0.3) is 10.9 Å². The Morgan fingerprint density at radius 3 is 2.70 bits per heavy atom. The van der Waals surface area contributed by atoms with Crippen molar-refractivity contribution in [1.82, 2.24) is 4.98 Å². The number of hydrogen-bond acceptors (Lipinski definition) is 3. The molecule has 2 aromatic rings. The Bertz CT molecular complexity index is 540. The highest BCUT2D eigenvalue weighted by molar-refractivity contribution is 5.82. The van der Waals surface area contributed by atoms with Gasteiger partial charge in [-0.05, 0) is 18.1 Å². The smallest absolute Gasteiger partial charge is 0.214 e. The van der Waals surface area contributed by atoms with Gasteiger partial charge in [0.25, 0.3) is 0 Å². The maximum Gasteiger partial charge on any atom is 0.214 e. The van der Waals surface area contributed by atoms with Crippen LogP contribution < -0.4 is 4.74 Å². The molecule has 0 aliphatic carbocycles. The Balaban J connectivity index is 1.96. The molecule has 20 heavy (non-hydrogen) atoms. The molecule has 1 aromatic heterocycles. The second-order valence-electron chi connectivity index (χ2n) is 5.06. The number of unbranched alkanes of at least 4 members (excludes halogenated alkanes) is 4. The van der Waals surface area contributed by atoms with Crippen LogP contribution in [-0.4, -0.2) is 16.7 Å². The molecule has 1 aromatic carbocycles. The van der Waals surface area contributed by atoms with Gasteiger partial charge in [0.15, 0.2) is 0 Å². The maximum atomic E-state index is 9.45. The standard InChI is InChI=1S/C17H23NO2/c1-2-3-4-5-8-11-20-17-12-14(13-19)15-9-6-7-10-16(15)18-17/h6-7,9-10,12,19H,2-5,8,11,13H2,1H3. The molecule has 0 aliphatic heterocycles. The van der Waals surface area contributed by atoms with E-state index in [0.717, 1.165) is 22.9 Å². The molecule has 1 N–H and O–H groups in total. The molecule has 0 amide bonds. The van der Waals surface area contributed by atoms with Gasteiger partial charge < -0.3 is 9.84 Å². The summed E-state index contributed by atoms with van der Waals surface area (Å²) in [5.74, 6) is 0.614. The number of hydrogen-bond donors (Lipinski definition) is 1. The molecule has 0 fully saturated rings. The summed E-state index contributed by atoms with van der Waals surface area (Å²) >= 11 is 0. The largest absolute Gasteiger partial charge is 0.478 e. The van der Waals surface area contributed by atoms with Crippen molar-refractivity contribution in [3.05, 3.63) is 35.9 Å². The molecular weight excluding hydrogens is 250 g/mol. The topological polar surface area (TPSA) is 42.4 Å². The number of para-hydroxylation sites is 1. The quantitative estimate of drug-likeness (QED) is 0.737. The zero-order valence-corrected chi connectivity index (χ0v) is 12.1. The summed E-state index contributed by atoms with van der Waals surface area (Å²) in [6, 6.07) is 9.67. The summed E-state index contributed by atoms with van der Waals surface area (Å²) in [4.78, 5) is 4.48. The van der Waals surface area contributed by atoms with Gasteiger partial charge in [-0.15, -0.1) is 0 Å². The van der Waals surface area contributed by atoms with Crippen LogP contribution in [0.3, 0.4) is 0 Å². The molecule has 0 saturated carbocycles. The number of fused-ring (bicyclic) bond motifs is 1. The summed E-state index contributed by atoms with van der Waals surface area (Å²) in [5.41, 5.74) is 1.75. The summed E-state index contributed by atoms with van der Waals surface area (Å²) in [5, 5.41) is 10.4. The van der Waals surface area contributed by atoms with Crippen molar-refractivity contribution in [3.63, 3.8) is 0 Å². The lowest BCUT2D eigenvalue weighted by molar-refractivity contribution is 0.277. The lowest BCUT2D eigenvalue weighted by Crippen LogP contribution is -2.01. The van der Waals surface area contributed by atoms with Crippen LogP contribution >= 0.6 is 0 Å². The number of aliphatic hydroxyl groups excluding tert-OH is 1. The van der Waals surface area contributed by atoms with Crippen LogP contribution in [0.4, 0.5) is 0 Å². The Labute approximate surface area is 120 Å². The molecule has 0 bridgehead atoms. The summed E-state index contributed by atoms with van der Waals surface area (Å²) < 4.78 is 5.71. The van der Waals surface area contributed by atoms with Crippen molar-refractivity contribution in [1.29, 1.82) is 0 Å². The summed E-state index contributed by atoms with van der Waals surface area (Å²) in [6.45, 7) is 2.92. The van der Waals surface area contributed by atoms with Gasteiger partial charge in [0.1, 0.15) is 0 Å². The highest BCUT2D eigenvalue weighted by Gasteiger charge is 2.05. The Morgan fingerprint density at radius 1 is 1.10 bits per heavy atom. The Morgan fingerprint density at radius 2 is 1.90 bits per heavy atom. The lowest BCUT2D eigenvalue weighted by atomic mass is 10.1. The third-order valence-electron chi connectivity index (χ3n) is 3.45. The maximum absolute atomic E-state index is 9.45. The minimum absolute atomic E-state index is 0.00981. The first-order valence-electron chi connectivity index (χ1n) is 7.47. The van der Waals surface area contributed by atoms with E-state index in [4.69, 9.17) is 4.74 Å². The van der Waals surface area contributed by atoms with E-state index in [2.05, 4.69) is 11.9 Å². The van der Waals surface area contributed by atoms with Crippen LogP contribution in [0.5, 0.6) is 5.88 Å². The third-order valence-corrected chi connectivity index (χ3v) is 3.45. The van der Waals surface area contributed by atoms with E-state index in [9.17, 15) is 5.11 Å². The van der Waals surface area contributed by atoms with Gasteiger partial charge in [-0.3, -0.25) is 0 Å². The van der Waals surface area contributed by atoms with Gasteiger partial charge in [-0.25, -0.2) is 4.98 Å². The van der Waals surface area contributed by atoms with Crippen molar-refractivity contribution in [2.75, 3.05) is 6.61 Å². The van der Waals surface area contributed by atoms with Gasteiger partial charge in [0, 0.05) is 11.5 Å². The van der Waals surface area contributed by atoms with Gasteiger partial charge >= 0.3 is 0 Å². The molecule has 108 valence electrons. The molecular formula is C17H23NO2. The van der Waals surface area contributed by atoms with Crippen LogP contribution in [0, 0.1) is 0 Å². The fourth-order valence-corrected chi connectivity index (χ4v) is 2.31. The zero-order chi connectivity index (χ0) is 14.2. The van der Waals surface area contributed by atoms with Crippen LogP contribution in [-0.2, 0) is 6.61 Å². The number of ether oxygens (including phenoxy) is 1. The zero-order valence-electron chi connectivity index (χ0n) is 12.1. The molecule has 0 atom stereocenters. The van der Waals surface area contributed by atoms with E-state index in [1.807, 2.05) is 30.3 Å². The second-order valence-corrected chi connectivity index (χ2v) is 5.06. The Hall–Kier alpha value is -1.61. The predicted molar refractivity (Wildman–Crippen MR) is 81.9 cm³/mol. The number of aromatic nitrogens is 1. The molecule has 0 unspecified atom stereocenters. The highest BCUT2D eigenvalue weighted by Crippen LogP contribution is 2.22. The molecule has 0 spiro atoms. The fraction of sp³-hybridized carbons (Fsp3) is 0.471. The van der Waals surface area contributed by atoms with Crippen molar-refractivity contribution in [2.24, 2.45) is 0 Å². The first-order valence-corrected chi connectivity index (χ1v) is 7.47. The number of rotatable bonds is 8. The van der Waals surface area contributed by atoms with E-state index in [1.54, 1.807) is 0 Å². The van der Waals surface area contributed by atoms with Crippen molar-refractivity contribution in [2.45, 2.75) is 45.6 Å². The second kappa shape index (κ2) is 7.85. The van der Waals surface area contributed by atoms with E-state index in [-0.39, 0.29) is 6.61 Å². The average molecular weight is 273 g/mol. The van der Waals surface area contributed by atoms with E-state index in [1.165, 1.54) is 25.7 Å². The minimum atomic E-state index is 0.00981. The van der Waals surface area contributed by atoms with Gasteiger partial charge in [-0.2, -0.15) is 0 Å². The third kappa shape index (κ3) is 3.94. The molecule has 0 radical (unpaired) electrons. The van der Waals surface area contributed by atoms with Crippen LogP contribution in [0.1, 0.15) is 44.6 Å². The van der Waals surface area contributed by atoms with Gasteiger partial charge in [0.2, 0.25) is 5.88 Å². The average Bonchev–Trinajstić information content (AvgIpc) is 2.50. The van der Waals surface area contributed by atoms with Gasteiger partial charge in [-0.1, -0.05) is 50.8 Å². The molecule has 0 aliphatic rings. The molecule has 0 saturated heterocycles. The Kier molecular flexibility index (Phi) is 5.81. The monoisotopic (exact) mass is 273 g/mol. The van der Waals surface area contributed by atoms with Gasteiger partial charge in [0.05, 0.1) is 18.7 Å². The SMILES string of the molecule is CCCCCCCOc1cc(CO)c2ccccc2n1. The number of nitrogens with zero attached hydrogens (tertiary/aromatic N) is 1. The van der Waals surface area contributed by atoms with E-state index < -0.39 is 0 Å². The molecule has 3 heteroatoms. The van der Waals surface area contributed by atoms with Crippen molar-refractivity contribution < 1.29 is 9.84 Å². The van der Waals surface area contributed by atoms with Crippen LogP contribution in [0.2, 0.25) is 0 Å². The summed E-state index contributed by atoms with van der Waals surface area (Å²) in [7, 11) is 0. The molecule has 3 nitrogen and oxygen atoms in total. The highest BCUT2D eigenvalue weighted by atomic mass is 16.5. The first-order chi connectivity index (χ1) is 9.85. The van der Waals surface area contributed by atoms with Crippen molar-refractivity contribution in [3.8, 4) is 5.88 Å². The predicted octanol–water partition coefficient (Wildman–Crippen LogP) is 4.08. The van der Waals surface area contributed by atoms with E-state index in [0.29, 0.717) is 12.5 Å². The van der Waals surface area contributed by atoms with Crippen LogP contribution in [0.15, 0.2) is 30.3 Å². The molecule has 2 rings (SSSR count). The number of pyridine rings is 1. The lowest BCUT2D eigenvalue weighted by Gasteiger charge is -2.09. The number of benzene rings is 1. The van der Waals surface area contributed by atoms with Crippen molar-refractivity contribution >= 4 is 10.9 Å². The normalized spacial score (nSPS) is 10.9. The number of aliphatic hydroxyl groups is 1. The molecule has 1 heterocycles. The first kappa shape index (κ1) is 14.8. The minimum Gasteiger partial charge on any atom is -0.478 e.